The van der Waals surface area contributed by atoms with Crippen molar-refractivity contribution in [3.05, 3.63) is 24.3 Å². The molecule has 1 aromatic rings. The quantitative estimate of drug-likeness (QED) is 0.885. The van der Waals surface area contributed by atoms with Crippen LogP contribution in [0.15, 0.2) is 29.2 Å². The maximum atomic E-state index is 12.3. The summed E-state index contributed by atoms with van der Waals surface area (Å²) in [6.07, 6.45) is 2.02. The molecule has 1 fully saturated rings. The van der Waals surface area contributed by atoms with E-state index in [0.717, 1.165) is 6.42 Å². The lowest BCUT2D eigenvalue weighted by molar-refractivity contribution is 0.414. The predicted octanol–water partition coefficient (Wildman–Crippen LogP) is 1.35. The Bertz CT molecular complexity index is 481. The third kappa shape index (κ3) is 2.45. The third-order valence-electron chi connectivity index (χ3n) is 3.25. The lowest BCUT2D eigenvalue weighted by atomic mass is 10.3. The first kappa shape index (κ1) is 12.4. The summed E-state index contributed by atoms with van der Waals surface area (Å²) in [5.41, 5.74) is 5.76. The molecule has 2 N–H and O–H groups in total. The topological polar surface area (TPSA) is 69.4 Å². The van der Waals surface area contributed by atoms with Gasteiger partial charge in [0.1, 0.15) is 5.75 Å². The molecule has 0 radical (unpaired) electrons. The summed E-state index contributed by atoms with van der Waals surface area (Å²) in [5, 5.41) is -0.328. The fraction of sp³-hybridized carbons (Fsp3) is 0.500. The Morgan fingerprint density at radius 1 is 1.24 bits per heavy atom. The van der Waals surface area contributed by atoms with Gasteiger partial charge in [0.15, 0.2) is 9.84 Å². The fourth-order valence-electron chi connectivity index (χ4n) is 2.21. The van der Waals surface area contributed by atoms with Gasteiger partial charge in [-0.05, 0) is 43.5 Å². The molecule has 2 unspecified atom stereocenters. The van der Waals surface area contributed by atoms with E-state index in [2.05, 4.69) is 0 Å². The van der Waals surface area contributed by atoms with Crippen molar-refractivity contribution in [2.45, 2.75) is 35.4 Å². The molecule has 4 nitrogen and oxygen atoms in total. The molecule has 0 amide bonds. The van der Waals surface area contributed by atoms with Crippen LogP contribution in [0.3, 0.4) is 0 Å². The molecule has 1 aliphatic carbocycles. The molecule has 2 rings (SSSR count). The highest BCUT2D eigenvalue weighted by molar-refractivity contribution is 7.92. The number of hydrogen-bond donors (Lipinski definition) is 1. The minimum atomic E-state index is -3.23. The average Bonchev–Trinajstić information content (AvgIpc) is 2.77. The average molecular weight is 255 g/mol. The van der Waals surface area contributed by atoms with Crippen molar-refractivity contribution < 1.29 is 13.2 Å². The Labute approximate surface area is 102 Å². The van der Waals surface area contributed by atoms with Crippen LogP contribution in [-0.4, -0.2) is 26.8 Å². The van der Waals surface area contributed by atoms with Crippen LogP contribution in [0.25, 0.3) is 0 Å². The molecular weight excluding hydrogens is 238 g/mol. The molecule has 1 aliphatic rings. The highest BCUT2D eigenvalue weighted by Gasteiger charge is 2.33. The van der Waals surface area contributed by atoms with E-state index in [9.17, 15) is 8.42 Å². The van der Waals surface area contributed by atoms with Gasteiger partial charge >= 0.3 is 0 Å². The van der Waals surface area contributed by atoms with Gasteiger partial charge in [0, 0.05) is 6.04 Å². The van der Waals surface area contributed by atoms with Crippen LogP contribution in [0, 0.1) is 0 Å². The van der Waals surface area contributed by atoms with E-state index in [-0.39, 0.29) is 11.3 Å². The van der Waals surface area contributed by atoms with Gasteiger partial charge in [-0.25, -0.2) is 8.42 Å². The van der Waals surface area contributed by atoms with Gasteiger partial charge < -0.3 is 10.5 Å². The highest BCUT2D eigenvalue weighted by atomic mass is 32.2. The lowest BCUT2D eigenvalue weighted by Gasteiger charge is -2.11. The van der Waals surface area contributed by atoms with Crippen molar-refractivity contribution >= 4 is 9.84 Å². The lowest BCUT2D eigenvalue weighted by Crippen LogP contribution is -2.22. The van der Waals surface area contributed by atoms with Crippen molar-refractivity contribution in [1.82, 2.24) is 0 Å². The van der Waals surface area contributed by atoms with Crippen molar-refractivity contribution in [3.63, 3.8) is 0 Å². The Balaban J connectivity index is 2.25. The van der Waals surface area contributed by atoms with Crippen LogP contribution in [0.5, 0.6) is 5.75 Å². The van der Waals surface area contributed by atoms with Crippen molar-refractivity contribution in [2.75, 3.05) is 7.11 Å². The Kier molecular flexibility index (Phi) is 3.40. The van der Waals surface area contributed by atoms with Crippen molar-refractivity contribution in [1.29, 1.82) is 0 Å². The number of nitrogens with two attached hydrogens (primary N) is 1. The van der Waals surface area contributed by atoms with Crippen LogP contribution in [0.2, 0.25) is 0 Å². The van der Waals surface area contributed by atoms with E-state index >= 15 is 0 Å². The standard InChI is InChI=1S/C12H17NO3S/c1-16-10-3-6-11(7-4-10)17(14,15)12-5-2-9(13)8-12/h3-4,6-7,9,12H,2,5,8,13H2,1H3. The maximum absolute atomic E-state index is 12.3. The molecule has 5 heteroatoms. The van der Waals surface area contributed by atoms with Gasteiger partial charge in [0.2, 0.25) is 0 Å². The number of methoxy groups -OCH3 is 1. The van der Waals surface area contributed by atoms with Gasteiger partial charge in [-0.1, -0.05) is 0 Å². The second-order valence-corrected chi connectivity index (χ2v) is 6.64. The van der Waals surface area contributed by atoms with E-state index < -0.39 is 9.84 Å². The van der Waals surface area contributed by atoms with Gasteiger partial charge in [-0.3, -0.25) is 0 Å². The zero-order valence-corrected chi connectivity index (χ0v) is 10.6. The van der Waals surface area contributed by atoms with Gasteiger partial charge in [-0.2, -0.15) is 0 Å². The first-order valence-electron chi connectivity index (χ1n) is 5.67. The molecule has 0 spiro atoms. The third-order valence-corrected chi connectivity index (χ3v) is 5.49. The first-order valence-corrected chi connectivity index (χ1v) is 7.22. The monoisotopic (exact) mass is 255 g/mol. The summed E-state index contributed by atoms with van der Waals surface area (Å²) in [4.78, 5) is 0.359. The number of ether oxygens (including phenoxy) is 1. The minimum Gasteiger partial charge on any atom is -0.497 e. The number of sulfone groups is 1. The summed E-state index contributed by atoms with van der Waals surface area (Å²) < 4.78 is 29.6. The summed E-state index contributed by atoms with van der Waals surface area (Å²) in [6.45, 7) is 0. The van der Waals surface area contributed by atoms with E-state index in [4.69, 9.17) is 10.5 Å². The Hall–Kier alpha value is -1.07. The molecule has 17 heavy (non-hydrogen) atoms. The maximum Gasteiger partial charge on any atom is 0.181 e. The van der Waals surface area contributed by atoms with Crippen LogP contribution in [-0.2, 0) is 9.84 Å². The van der Waals surface area contributed by atoms with E-state index in [1.54, 1.807) is 31.4 Å². The van der Waals surface area contributed by atoms with Crippen molar-refractivity contribution in [3.8, 4) is 5.75 Å². The molecule has 94 valence electrons. The molecule has 0 aliphatic heterocycles. The summed E-state index contributed by atoms with van der Waals surface area (Å²) in [6, 6.07) is 6.55. The largest absolute Gasteiger partial charge is 0.497 e. The van der Waals surface area contributed by atoms with Crippen molar-refractivity contribution in [2.24, 2.45) is 5.73 Å². The molecule has 2 atom stereocenters. The van der Waals surface area contributed by atoms with E-state index in [1.165, 1.54) is 0 Å². The van der Waals surface area contributed by atoms with Gasteiger partial charge in [0.25, 0.3) is 0 Å². The molecule has 0 heterocycles. The SMILES string of the molecule is COc1ccc(S(=O)(=O)C2CCC(N)C2)cc1. The van der Waals surface area contributed by atoms with Crippen LogP contribution in [0.1, 0.15) is 19.3 Å². The first-order chi connectivity index (χ1) is 8.04. The molecule has 0 aromatic heterocycles. The van der Waals surface area contributed by atoms with Gasteiger partial charge in [0.05, 0.1) is 17.3 Å². The predicted molar refractivity (Wildman–Crippen MR) is 65.8 cm³/mol. The normalized spacial score (nSPS) is 24.8. The second-order valence-electron chi connectivity index (χ2n) is 4.42. The second kappa shape index (κ2) is 4.66. The summed E-state index contributed by atoms with van der Waals surface area (Å²) in [5.74, 6) is 0.659. The molecule has 0 bridgehead atoms. The Morgan fingerprint density at radius 2 is 1.88 bits per heavy atom. The summed E-state index contributed by atoms with van der Waals surface area (Å²) >= 11 is 0. The molecule has 0 saturated heterocycles. The number of hydrogen-bond acceptors (Lipinski definition) is 4. The molecule has 1 aromatic carbocycles. The molecular formula is C12H17NO3S. The number of benzene rings is 1. The van der Waals surface area contributed by atoms with Crippen LogP contribution in [0.4, 0.5) is 0 Å². The van der Waals surface area contributed by atoms with E-state index in [0.29, 0.717) is 23.5 Å². The minimum absolute atomic E-state index is 0.0213. The molecule has 1 saturated carbocycles. The fourth-order valence-corrected chi connectivity index (χ4v) is 4.06. The zero-order valence-electron chi connectivity index (χ0n) is 9.80. The van der Waals surface area contributed by atoms with Crippen LogP contribution >= 0.6 is 0 Å². The van der Waals surface area contributed by atoms with Gasteiger partial charge in [-0.15, -0.1) is 0 Å². The summed E-state index contributed by atoms with van der Waals surface area (Å²) in [7, 11) is -1.68. The Morgan fingerprint density at radius 3 is 2.35 bits per heavy atom. The number of rotatable bonds is 3. The smallest absolute Gasteiger partial charge is 0.181 e. The highest BCUT2D eigenvalue weighted by Crippen LogP contribution is 2.29. The van der Waals surface area contributed by atoms with Crippen LogP contribution < -0.4 is 10.5 Å². The van der Waals surface area contributed by atoms with E-state index in [1.807, 2.05) is 0 Å². The zero-order chi connectivity index (χ0) is 12.5.